The van der Waals surface area contributed by atoms with E-state index in [1.165, 1.54) is 25.7 Å². The van der Waals surface area contributed by atoms with Crippen molar-refractivity contribution in [1.82, 2.24) is 4.90 Å². The molecule has 0 atom stereocenters. The molecule has 0 aliphatic heterocycles. The monoisotopic (exact) mass is 410 g/mol. The minimum atomic E-state index is 0. The maximum absolute atomic E-state index is 5.03. The Kier molecular flexibility index (Phi) is 14.3. The maximum Gasteiger partial charge on any atom is 0.133 e. The van der Waals surface area contributed by atoms with Gasteiger partial charge in [0.25, 0.3) is 0 Å². The number of hydrogen-bond donors (Lipinski definition) is 1. The van der Waals surface area contributed by atoms with Crippen LogP contribution in [0.5, 0.6) is 0 Å². The first-order valence-corrected chi connectivity index (χ1v) is 5.55. The second kappa shape index (κ2) is 11.2. The molecule has 0 bridgehead atoms. The van der Waals surface area contributed by atoms with Gasteiger partial charge in [-0.3, -0.25) is 0 Å². The van der Waals surface area contributed by atoms with Crippen molar-refractivity contribution in [2.24, 2.45) is 0 Å². The number of rotatable bonds is 6. The second-order valence-electron chi connectivity index (χ2n) is 2.98. The van der Waals surface area contributed by atoms with Crippen LogP contribution in [0.25, 0.3) is 0 Å². The molecular weight excluding hydrogens is 391 g/mol. The molecule has 0 amide bonds. The topological polar surface area (TPSA) is 3.24 Å². The van der Waals surface area contributed by atoms with Crippen molar-refractivity contribution in [3.8, 4) is 0 Å². The van der Waals surface area contributed by atoms with E-state index < -0.39 is 0 Å². The summed E-state index contributed by atoms with van der Waals surface area (Å²) in [6.45, 7) is 6.52. The molecule has 0 heterocycles. The third-order valence-corrected chi connectivity index (χ3v) is 2.37. The van der Waals surface area contributed by atoms with Crippen LogP contribution in [0.2, 0.25) is 0 Å². The summed E-state index contributed by atoms with van der Waals surface area (Å²) in [7, 11) is 0. The van der Waals surface area contributed by atoms with Crippen molar-refractivity contribution < 1.29 is 0 Å². The van der Waals surface area contributed by atoms with Crippen LogP contribution < -0.4 is 0 Å². The molecule has 4 heteroatoms. The molecule has 0 aromatic heterocycles. The van der Waals surface area contributed by atoms with Gasteiger partial charge in [-0.2, -0.15) is 0 Å². The van der Waals surface area contributed by atoms with E-state index in [0.29, 0.717) is 0 Å². The molecule has 1 nitrogen and oxygen atoms in total. The number of nitrogens with zero attached hydrogens (tertiary/aromatic N) is 1. The van der Waals surface area contributed by atoms with Gasteiger partial charge < -0.3 is 4.90 Å². The van der Waals surface area contributed by atoms with E-state index in [4.69, 9.17) is 12.2 Å². The third-order valence-electron chi connectivity index (χ3n) is 1.83. The summed E-state index contributed by atoms with van der Waals surface area (Å²) in [5.74, 6) is 0. The quantitative estimate of drug-likeness (QED) is 0.408. The predicted octanol–water partition coefficient (Wildman–Crippen LogP) is 2.72. The zero-order chi connectivity index (χ0) is 9.40. The van der Waals surface area contributed by atoms with Crippen LogP contribution in [0, 0.1) is 0 Å². The van der Waals surface area contributed by atoms with E-state index in [1.807, 2.05) is 0 Å². The van der Waals surface area contributed by atoms with Gasteiger partial charge in [-0.1, -0.05) is 38.9 Å². The molecule has 0 unspecified atom stereocenters. The smallest absolute Gasteiger partial charge is 0.133 e. The average molecular weight is 410 g/mol. The molecule has 0 aliphatic carbocycles. The molecule has 0 fully saturated rings. The van der Waals surface area contributed by atoms with Crippen molar-refractivity contribution in [3.63, 3.8) is 0 Å². The van der Waals surface area contributed by atoms with E-state index in [9.17, 15) is 0 Å². The van der Waals surface area contributed by atoms with Gasteiger partial charge in [0.2, 0.25) is 0 Å². The molecule has 0 aromatic carbocycles. The summed E-state index contributed by atoms with van der Waals surface area (Å²) in [5, 5.41) is 0. The summed E-state index contributed by atoms with van der Waals surface area (Å²) in [4.78, 5) is 2.19. The summed E-state index contributed by atoms with van der Waals surface area (Å²) < 4.78 is 0.747. The Balaban J connectivity index is 0. The van der Waals surface area contributed by atoms with Crippen LogP contribution in [-0.2, 0) is 0 Å². The molecular formula is C9H19NS2Tl. The first-order chi connectivity index (χ1) is 5.72. The zero-order valence-corrected chi connectivity index (χ0v) is 14.8. The minimum Gasteiger partial charge on any atom is -0.358 e. The van der Waals surface area contributed by atoms with Gasteiger partial charge >= 0.3 is 0 Å². The molecule has 0 spiro atoms. The van der Waals surface area contributed by atoms with Gasteiger partial charge in [0.15, 0.2) is 0 Å². The fraction of sp³-hybridized carbons (Fsp3) is 0.889. The SMILES string of the molecule is CCCCN(CCCC)C(=S)S.[Tl]. The summed E-state index contributed by atoms with van der Waals surface area (Å²) >= 11 is 9.23. The molecule has 0 N–H and O–H groups in total. The van der Waals surface area contributed by atoms with Crippen LogP contribution in [0.3, 0.4) is 0 Å². The predicted molar refractivity (Wildman–Crippen MR) is 68.7 cm³/mol. The third kappa shape index (κ3) is 9.47. The maximum atomic E-state index is 5.03. The summed E-state index contributed by atoms with van der Waals surface area (Å²) in [5.41, 5.74) is 0. The van der Waals surface area contributed by atoms with Crippen LogP contribution in [-0.4, -0.2) is 49.6 Å². The Labute approximate surface area is 113 Å². The standard InChI is InChI=1S/C9H19NS2.Tl/c1-3-5-7-10(9(11)12)8-6-4-2;/h3-8H2,1-2H3,(H,11,12);. The molecule has 0 saturated heterocycles. The molecule has 0 saturated carbocycles. The van der Waals surface area contributed by atoms with Gasteiger partial charge in [0, 0.05) is 40.4 Å². The Morgan fingerprint density at radius 2 is 1.54 bits per heavy atom. The Morgan fingerprint density at radius 1 is 1.15 bits per heavy atom. The van der Waals surface area contributed by atoms with Crippen molar-refractivity contribution in [3.05, 3.63) is 0 Å². The van der Waals surface area contributed by atoms with Gasteiger partial charge in [-0.25, -0.2) is 0 Å². The van der Waals surface area contributed by atoms with Crippen molar-refractivity contribution in [1.29, 1.82) is 0 Å². The zero-order valence-electron chi connectivity index (χ0n) is 8.62. The van der Waals surface area contributed by atoms with Crippen molar-refractivity contribution in [2.75, 3.05) is 13.1 Å². The van der Waals surface area contributed by atoms with Crippen LogP contribution in [0.4, 0.5) is 0 Å². The Morgan fingerprint density at radius 3 is 1.77 bits per heavy atom. The van der Waals surface area contributed by atoms with E-state index in [1.54, 1.807) is 0 Å². The second-order valence-corrected chi connectivity index (χ2v) is 4.09. The number of hydrogen-bond acceptors (Lipinski definition) is 1. The first-order valence-electron chi connectivity index (χ1n) is 4.70. The molecule has 0 aromatic rings. The van der Waals surface area contributed by atoms with E-state index in [2.05, 4.69) is 31.4 Å². The largest absolute Gasteiger partial charge is 0.358 e. The van der Waals surface area contributed by atoms with Gasteiger partial charge in [0.05, 0.1) is 0 Å². The number of thiol groups is 1. The first kappa shape index (κ1) is 16.6. The molecule has 13 heavy (non-hydrogen) atoms. The van der Waals surface area contributed by atoms with Crippen molar-refractivity contribution in [2.45, 2.75) is 39.5 Å². The number of thiocarbonyl (C=S) groups is 1. The summed E-state index contributed by atoms with van der Waals surface area (Å²) in [6.07, 6.45) is 4.87. The molecule has 75 valence electrons. The van der Waals surface area contributed by atoms with E-state index >= 15 is 0 Å². The van der Waals surface area contributed by atoms with E-state index in [0.717, 1.165) is 17.4 Å². The van der Waals surface area contributed by atoms with Crippen LogP contribution in [0.15, 0.2) is 0 Å². The van der Waals surface area contributed by atoms with Gasteiger partial charge in [-0.05, 0) is 12.8 Å². The minimum absolute atomic E-state index is 0. The average Bonchev–Trinajstić information content (AvgIpc) is 2.04. The van der Waals surface area contributed by atoms with Gasteiger partial charge in [-0.15, -0.1) is 12.6 Å². The van der Waals surface area contributed by atoms with Crippen LogP contribution in [0.1, 0.15) is 39.5 Å². The fourth-order valence-corrected chi connectivity index (χ4v) is 1.38. The normalized spacial score (nSPS) is 9.15. The molecule has 0 aliphatic rings. The summed E-state index contributed by atoms with van der Waals surface area (Å²) in [6, 6.07) is 0. The fourth-order valence-electron chi connectivity index (χ4n) is 1.00. The van der Waals surface area contributed by atoms with E-state index in [-0.39, 0.29) is 27.3 Å². The molecule has 0 rings (SSSR count). The Bertz CT molecular complexity index is 123. The van der Waals surface area contributed by atoms with Crippen molar-refractivity contribution >= 4 is 56.5 Å². The van der Waals surface area contributed by atoms with Crippen LogP contribution >= 0.6 is 24.8 Å². The molecule has 1 radical (unpaired) electrons. The van der Waals surface area contributed by atoms with Gasteiger partial charge in [0.1, 0.15) is 4.32 Å². The number of unbranched alkanes of at least 4 members (excludes halogenated alkanes) is 2. The Hall–Kier alpha value is 1.16.